The van der Waals surface area contributed by atoms with Gasteiger partial charge in [0.2, 0.25) is 5.91 Å². The Hall–Kier alpha value is -4.48. The van der Waals surface area contributed by atoms with Gasteiger partial charge in [-0.1, -0.05) is 60.7 Å². The van der Waals surface area contributed by atoms with E-state index in [1.165, 1.54) is 37.1 Å². The molecule has 0 saturated carbocycles. The van der Waals surface area contributed by atoms with Crippen LogP contribution in [0.1, 0.15) is 54.2 Å². The van der Waals surface area contributed by atoms with Crippen LogP contribution in [0.3, 0.4) is 0 Å². The van der Waals surface area contributed by atoms with E-state index in [2.05, 4.69) is 116 Å². The lowest BCUT2D eigenvalue weighted by Crippen LogP contribution is -2.55. The molecular weight excluding hydrogens is 693 g/mol. The van der Waals surface area contributed by atoms with Crippen molar-refractivity contribution in [2.45, 2.75) is 50.7 Å². The topological polar surface area (TPSA) is 92.9 Å². The van der Waals surface area contributed by atoms with Crippen molar-refractivity contribution in [2.75, 3.05) is 60.4 Å². The van der Waals surface area contributed by atoms with E-state index in [0.717, 1.165) is 56.6 Å². The number of thiophene rings is 1. The lowest BCUT2D eigenvalue weighted by molar-refractivity contribution is -0.135. The Bertz CT molecular complexity index is 1990. The zero-order chi connectivity index (χ0) is 38.0. The number of fused-ring (bicyclic) bond motifs is 3. The number of aromatic nitrogens is 1. The molecular formula is C44H56N6O3S. The first-order valence-corrected chi connectivity index (χ1v) is 20.2. The maximum absolute atomic E-state index is 13.7. The Labute approximate surface area is 324 Å². The smallest absolute Gasteiger partial charge is 0.324 e. The Morgan fingerprint density at radius 3 is 2.65 bits per heavy atom. The number of imide groups is 1. The average Bonchev–Trinajstić information content (AvgIpc) is 3.87. The maximum atomic E-state index is 13.7. The van der Waals surface area contributed by atoms with Crippen molar-refractivity contribution in [1.29, 1.82) is 0 Å². The molecule has 1 fully saturated rings. The fraction of sp³-hybridized carbons (Fsp3) is 0.409. The quantitative estimate of drug-likeness (QED) is 0.100. The van der Waals surface area contributed by atoms with Crippen molar-refractivity contribution in [3.05, 3.63) is 113 Å². The molecule has 2 aromatic heterocycles. The van der Waals surface area contributed by atoms with Crippen molar-refractivity contribution in [1.82, 2.24) is 30.3 Å². The number of carbonyl (C=O) groups excluding carboxylic acids is 2. The summed E-state index contributed by atoms with van der Waals surface area (Å²) in [7, 11) is 5.99. The van der Waals surface area contributed by atoms with E-state index in [9.17, 15) is 9.59 Å². The molecule has 0 unspecified atom stereocenters. The molecule has 1 aliphatic carbocycles. The molecule has 3 aromatic carbocycles. The number of likely N-dealkylation sites (tertiary alicyclic amines) is 1. The first-order chi connectivity index (χ1) is 26.3. The van der Waals surface area contributed by atoms with Crippen LogP contribution in [0, 0.1) is 5.92 Å². The largest absolute Gasteiger partial charge is 0.484 e. The number of hydrogen-bond donors (Lipinski definition) is 3. The minimum atomic E-state index is -0.280. The van der Waals surface area contributed by atoms with Gasteiger partial charge in [-0.2, -0.15) is 0 Å². The molecule has 9 nitrogen and oxygen atoms in total. The van der Waals surface area contributed by atoms with Gasteiger partial charge in [0.25, 0.3) is 0 Å². The summed E-state index contributed by atoms with van der Waals surface area (Å²) in [6, 6.07) is 25.3. The molecule has 0 spiro atoms. The van der Waals surface area contributed by atoms with Gasteiger partial charge < -0.3 is 25.3 Å². The van der Waals surface area contributed by atoms with Gasteiger partial charge >= 0.3 is 6.03 Å². The summed E-state index contributed by atoms with van der Waals surface area (Å²) in [4.78, 5) is 37.2. The molecule has 7 rings (SSSR count). The lowest BCUT2D eigenvalue weighted by atomic mass is 9.72. The number of rotatable bonds is 14. The van der Waals surface area contributed by atoms with Gasteiger partial charge in [0, 0.05) is 71.9 Å². The zero-order valence-electron chi connectivity index (χ0n) is 32.2. The number of aromatic amines is 1. The van der Waals surface area contributed by atoms with Crippen molar-refractivity contribution < 1.29 is 14.3 Å². The predicted octanol–water partition coefficient (Wildman–Crippen LogP) is 7.82. The van der Waals surface area contributed by atoms with E-state index in [4.69, 9.17) is 4.74 Å². The monoisotopic (exact) mass is 748 g/mol. The van der Waals surface area contributed by atoms with Gasteiger partial charge in [0.15, 0.2) is 0 Å². The molecule has 1 saturated heterocycles. The van der Waals surface area contributed by atoms with Crippen LogP contribution in [0.2, 0.25) is 0 Å². The van der Waals surface area contributed by atoms with Gasteiger partial charge in [-0.3, -0.25) is 14.6 Å². The summed E-state index contributed by atoms with van der Waals surface area (Å²) in [5.74, 6) is 0.947. The minimum absolute atomic E-state index is 0.0562. The van der Waals surface area contributed by atoms with Gasteiger partial charge in [-0.05, 0) is 101 Å². The standard InChI is InChI=1S/C26H37N5O2.C18H19NOS/c1-5-11-30-17-19(25(32)31(26(33)27-6-2)13-8-12-29(3)4)14-21-20-9-7-10-22-24(20)18(16-28-22)15-23(21)30;1-19-12-11-17(18-10-5-13-21-18)20-16-9-4-7-14-6-2-3-8-15(14)16/h5,7,9-10,16,19,21,23,28H,1,6,8,11-15,17H2,2-4H3,(H,27,33);2-10,13,17,19H,11-12H2,1H3/t19-,21-,23-;17-/m10/s1. The van der Waals surface area contributed by atoms with E-state index in [0.29, 0.717) is 25.7 Å². The average molecular weight is 749 g/mol. The number of nitrogens with zero attached hydrogens (tertiary/aromatic N) is 3. The van der Waals surface area contributed by atoms with Crippen molar-refractivity contribution in [2.24, 2.45) is 5.92 Å². The number of H-pyrrole nitrogens is 1. The maximum Gasteiger partial charge on any atom is 0.324 e. The number of urea groups is 1. The molecule has 3 amide bonds. The van der Waals surface area contributed by atoms with Crippen LogP contribution in [-0.4, -0.2) is 98.1 Å². The van der Waals surface area contributed by atoms with Crippen molar-refractivity contribution in [3.8, 4) is 5.75 Å². The number of hydrogen-bond acceptors (Lipinski definition) is 7. The normalized spacial score (nSPS) is 18.4. The number of benzene rings is 3. The third kappa shape index (κ3) is 9.06. The van der Waals surface area contributed by atoms with Crippen LogP contribution < -0.4 is 15.4 Å². The fourth-order valence-corrected chi connectivity index (χ4v) is 8.93. The van der Waals surface area contributed by atoms with E-state index in [1.807, 2.05) is 34.1 Å². The number of carbonyl (C=O) groups is 2. The zero-order valence-corrected chi connectivity index (χ0v) is 33.0. The van der Waals surface area contributed by atoms with E-state index < -0.39 is 0 Å². The van der Waals surface area contributed by atoms with Crippen LogP contribution in [0.25, 0.3) is 21.7 Å². The molecule has 5 aromatic rings. The molecule has 54 heavy (non-hydrogen) atoms. The molecule has 3 N–H and O–H groups in total. The van der Waals surface area contributed by atoms with Crippen LogP contribution in [0.4, 0.5) is 4.79 Å². The van der Waals surface area contributed by atoms with Crippen LogP contribution >= 0.6 is 11.3 Å². The first kappa shape index (κ1) is 39.2. The van der Waals surface area contributed by atoms with Gasteiger partial charge in [0.1, 0.15) is 11.9 Å². The minimum Gasteiger partial charge on any atom is -0.484 e. The summed E-state index contributed by atoms with van der Waals surface area (Å²) in [5, 5.41) is 11.9. The molecule has 0 radical (unpaired) electrons. The van der Waals surface area contributed by atoms with Crippen LogP contribution in [-0.2, 0) is 11.2 Å². The molecule has 0 bridgehead atoms. The summed E-state index contributed by atoms with van der Waals surface area (Å²) in [6.45, 7) is 9.96. The highest BCUT2D eigenvalue weighted by atomic mass is 32.1. The molecule has 3 heterocycles. The SMILES string of the molecule is C=CCN1C[C@H](C(=O)N(CCCN(C)C)C(=O)NCC)C[C@@H]2c3cccc4[nH]cc(c34)C[C@H]21.CNCC[C@H](Oc1cccc2ccccc12)c1cccs1. The van der Waals surface area contributed by atoms with Crippen molar-refractivity contribution in [3.63, 3.8) is 0 Å². The van der Waals surface area contributed by atoms with E-state index in [-0.39, 0.29) is 29.9 Å². The Kier molecular flexibility index (Phi) is 13.6. The highest BCUT2D eigenvalue weighted by Crippen LogP contribution is 2.45. The van der Waals surface area contributed by atoms with E-state index >= 15 is 0 Å². The predicted molar refractivity (Wildman–Crippen MR) is 223 cm³/mol. The summed E-state index contributed by atoms with van der Waals surface area (Å²) >= 11 is 1.75. The highest BCUT2D eigenvalue weighted by Gasteiger charge is 2.44. The number of nitrogens with one attached hydrogen (secondary N) is 3. The van der Waals surface area contributed by atoms with Crippen LogP contribution in [0.5, 0.6) is 5.75 Å². The Morgan fingerprint density at radius 2 is 1.89 bits per heavy atom. The molecule has 286 valence electrons. The molecule has 4 atom stereocenters. The van der Waals surface area contributed by atoms with Gasteiger partial charge in [-0.15, -0.1) is 17.9 Å². The number of amides is 3. The molecule has 10 heteroatoms. The van der Waals surface area contributed by atoms with Gasteiger partial charge in [0.05, 0.1) is 5.92 Å². The van der Waals surface area contributed by atoms with Gasteiger partial charge in [-0.25, -0.2) is 4.79 Å². The second kappa shape index (κ2) is 18.7. The third-order valence-corrected chi connectivity index (χ3v) is 11.6. The van der Waals surface area contributed by atoms with Crippen molar-refractivity contribution >= 4 is 45.0 Å². The molecule has 1 aliphatic heterocycles. The second-order valence-electron chi connectivity index (χ2n) is 14.6. The number of ether oxygens (including phenoxy) is 1. The second-order valence-corrected chi connectivity index (χ2v) is 15.6. The lowest BCUT2D eigenvalue weighted by Gasteiger charge is -2.47. The first-order valence-electron chi connectivity index (χ1n) is 19.3. The highest BCUT2D eigenvalue weighted by molar-refractivity contribution is 7.10. The Balaban J connectivity index is 0.000000203. The van der Waals surface area contributed by atoms with Crippen LogP contribution in [0.15, 0.2) is 97.0 Å². The summed E-state index contributed by atoms with van der Waals surface area (Å²) in [5.41, 5.74) is 3.84. The summed E-state index contributed by atoms with van der Waals surface area (Å²) < 4.78 is 6.34. The van der Waals surface area contributed by atoms with E-state index in [1.54, 1.807) is 11.3 Å². The number of piperidine rings is 1. The fourth-order valence-electron chi connectivity index (χ4n) is 8.14. The summed E-state index contributed by atoms with van der Waals surface area (Å²) in [6.07, 6.45) is 7.62. The molecule has 2 aliphatic rings. The Morgan fingerprint density at radius 1 is 1.07 bits per heavy atom. The third-order valence-electron chi connectivity index (χ3n) is 10.7.